The number of hydrogen-bond donors (Lipinski definition) is 0. The molecule has 0 spiro atoms. The zero-order chi connectivity index (χ0) is 3.54. The van der Waals surface area contributed by atoms with Crippen LogP contribution in [0.15, 0.2) is 6.08 Å². The van der Waals surface area contributed by atoms with Crippen LogP contribution in [0.3, 0.4) is 0 Å². The summed E-state index contributed by atoms with van der Waals surface area (Å²) in [5, 5.41) is 2.79. The average Bonchev–Trinajstić information content (AvgIpc) is 1.76. The zero-order valence-corrected chi connectivity index (χ0v) is 3.42. The summed E-state index contributed by atoms with van der Waals surface area (Å²) in [6.45, 7) is 0.727. The molecule has 1 rings (SSSR count). The van der Waals surface area contributed by atoms with Crippen LogP contribution in [0.4, 0.5) is 0 Å². The molecule has 1 aliphatic heterocycles. The molecule has 2 heteroatoms. The van der Waals surface area contributed by atoms with E-state index in [1.54, 1.807) is 0 Å². The second-order valence-electron chi connectivity index (χ2n) is 0.690. The highest BCUT2D eigenvalue weighted by Crippen LogP contribution is 2.08. The molecule has 1 nitrogen and oxygen atoms in total. The van der Waals surface area contributed by atoms with E-state index >= 15 is 0 Å². The van der Waals surface area contributed by atoms with Crippen LogP contribution >= 0.6 is 12.0 Å². The molecule has 1 aliphatic rings. The van der Waals surface area contributed by atoms with E-state index in [9.17, 15) is 0 Å². The Hall–Kier alpha value is 0.0500. The molecule has 1 radical (unpaired) electrons. The van der Waals surface area contributed by atoms with Gasteiger partial charge in [0.05, 0.1) is 6.61 Å². The second-order valence-corrected chi connectivity index (χ2v) is 1.33. The molecule has 1 heterocycles. The molecule has 0 aromatic rings. The van der Waals surface area contributed by atoms with Crippen molar-refractivity contribution in [2.24, 2.45) is 0 Å². The van der Waals surface area contributed by atoms with Gasteiger partial charge >= 0.3 is 0 Å². The Bertz CT molecular complexity index is 44.9. The first-order valence-electron chi connectivity index (χ1n) is 1.36. The second kappa shape index (κ2) is 1.48. The summed E-state index contributed by atoms with van der Waals surface area (Å²) < 4.78 is 4.69. The van der Waals surface area contributed by atoms with Gasteiger partial charge in [0, 0.05) is 17.5 Å². The molecular formula is C3H3OS. The molecule has 0 saturated heterocycles. The van der Waals surface area contributed by atoms with Gasteiger partial charge in [0.15, 0.2) is 0 Å². The van der Waals surface area contributed by atoms with E-state index in [1.165, 1.54) is 12.0 Å². The van der Waals surface area contributed by atoms with Crippen molar-refractivity contribution in [3.63, 3.8) is 0 Å². The molecule has 0 aliphatic carbocycles. The first-order valence-corrected chi connectivity index (χ1v) is 2.10. The minimum atomic E-state index is 0.727. The van der Waals surface area contributed by atoms with Gasteiger partial charge in [0.2, 0.25) is 0 Å². The van der Waals surface area contributed by atoms with Gasteiger partial charge in [0.25, 0.3) is 0 Å². The van der Waals surface area contributed by atoms with Crippen LogP contribution in [0, 0.1) is 5.41 Å². The Morgan fingerprint density at radius 3 is 3.20 bits per heavy atom. The van der Waals surface area contributed by atoms with Crippen LogP contribution < -0.4 is 0 Å². The van der Waals surface area contributed by atoms with Gasteiger partial charge in [0.1, 0.15) is 0 Å². The van der Waals surface area contributed by atoms with Crippen molar-refractivity contribution < 1.29 is 4.18 Å². The van der Waals surface area contributed by atoms with Gasteiger partial charge in [-0.3, -0.25) is 0 Å². The summed E-state index contributed by atoms with van der Waals surface area (Å²) in [4.78, 5) is 0. The average molecular weight is 87.1 g/mol. The fraction of sp³-hybridized carbons (Fsp3) is 0.333. The Balaban J connectivity index is 2.32. The summed E-state index contributed by atoms with van der Waals surface area (Å²) in [7, 11) is 0. The minimum absolute atomic E-state index is 0.727. The van der Waals surface area contributed by atoms with Crippen molar-refractivity contribution in [3.8, 4) is 0 Å². The normalized spacial score (nSPS) is 20.8. The van der Waals surface area contributed by atoms with E-state index in [2.05, 4.69) is 5.41 Å². The van der Waals surface area contributed by atoms with Gasteiger partial charge in [-0.25, -0.2) is 0 Å². The van der Waals surface area contributed by atoms with Crippen LogP contribution in [0.5, 0.6) is 0 Å². The standard InChI is InChI=1S/C3H3OS/c1-2-4-5-3-1/h1H,2H2. The maximum atomic E-state index is 4.69. The number of hydrogen-bond acceptors (Lipinski definition) is 2. The maximum absolute atomic E-state index is 4.69. The number of rotatable bonds is 0. The Morgan fingerprint density at radius 1 is 2.00 bits per heavy atom. The van der Waals surface area contributed by atoms with Crippen LogP contribution in [-0.2, 0) is 4.18 Å². The molecule has 0 N–H and O–H groups in total. The first-order chi connectivity index (χ1) is 2.50. The molecule has 0 aromatic carbocycles. The third-order valence-electron chi connectivity index (χ3n) is 0.342. The summed E-state index contributed by atoms with van der Waals surface area (Å²) in [5.74, 6) is 0. The summed E-state index contributed by atoms with van der Waals surface area (Å²) in [6.07, 6.45) is 1.85. The smallest absolute Gasteiger partial charge is 0.0814 e. The largest absolute Gasteiger partial charge is 0.306 e. The molecular weight excluding hydrogens is 84.1 g/mol. The Morgan fingerprint density at radius 2 is 3.00 bits per heavy atom. The lowest BCUT2D eigenvalue weighted by atomic mass is 10.7. The lowest BCUT2D eigenvalue weighted by Gasteiger charge is -1.74. The third kappa shape index (κ3) is 0.667. The van der Waals surface area contributed by atoms with Gasteiger partial charge in [-0.1, -0.05) is 0 Å². The van der Waals surface area contributed by atoms with E-state index in [0.29, 0.717) is 0 Å². The zero-order valence-electron chi connectivity index (χ0n) is 2.60. The monoisotopic (exact) mass is 87.0 g/mol. The highest BCUT2D eigenvalue weighted by Gasteiger charge is 1.86. The van der Waals surface area contributed by atoms with Crippen molar-refractivity contribution in [1.29, 1.82) is 0 Å². The van der Waals surface area contributed by atoms with Crippen LogP contribution in [0.1, 0.15) is 0 Å². The third-order valence-corrected chi connectivity index (χ3v) is 0.859. The van der Waals surface area contributed by atoms with Crippen molar-refractivity contribution in [1.82, 2.24) is 0 Å². The van der Waals surface area contributed by atoms with Crippen molar-refractivity contribution in [2.45, 2.75) is 0 Å². The molecule has 0 aromatic heterocycles. The molecule has 0 saturated carbocycles. The van der Waals surface area contributed by atoms with E-state index in [0.717, 1.165) is 6.61 Å². The van der Waals surface area contributed by atoms with Crippen LogP contribution in [0.2, 0.25) is 0 Å². The highest BCUT2D eigenvalue weighted by molar-refractivity contribution is 7.96. The molecule has 5 heavy (non-hydrogen) atoms. The first kappa shape index (κ1) is 3.25. The molecule has 0 unspecified atom stereocenters. The Kier molecular flexibility index (Phi) is 0.960. The van der Waals surface area contributed by atoms with Crippen molar-refractivity contribution >= 4 is 12.0 Å². The molecule has 0 bridgehead atoms. The predicted molar refractivity (Wildman–Crippen MR) is 21.4 cm³/mol. The van der Waals surface area contributed by atoms with E-state index in [4.69, 9.17) is 4.18 Å². The van der Waals surface area contributed by atoms with Gasteiger partial charge in [-0.2, -0.15) is 0 Å². The quantitative estimate of drug-likeness (QED) is 0.407. The van der Waals surface area contributed by atoms with E-state index < -0.39 is 0 Å². The van der Waals surface area contributed by atoms with Crippen molar-refractivity contribution in [2.75, 3.05) is 6.61 Å². The van der Waals surface area contributed by atoms with Crippen LogP contribution in [0.25, 0.3) is 0 Å². The van der Waals surface area contributed by atoms with E-state index in [-0.39, 0.29) is 0 Å². The van der Waals surface area contributed by atoms with Crippen molar-refractivity contribution in [3.05, 3.63) is 11.5 Å². The summed E-state index contributed by atoms with van der Waals surface area (Å²) >= 11 is 1.27. The fourth-order valence-corrected chi connectivity index (χ4v) is 0.510. The summed E-state index contributed by atoms with van der Waals surface area (Å²) in [5.41, 5.74) is 0. The Labute approximate surface area is 35.2 Å². The van der Waals surface area contributed by atoms with Gasteiger partial charge in [-0.15, -0.1) is 0 Å². The van der Waals surface area contributed by atoms with E-state index in [1.807, 2.05) is 6.08 Å². The summed E-state index contributed by atoms with van der Waals surface area (Å²) in [6, 6.07) is 0. The SMILES string of the molecule is [C]1=CCOS1. The minimum Gasteiger partial charge on any atom is -0.306 e. The predicted octanol–water partition coefficient (Wildman–Crippen LogP) is 0.982. The van der Waals surface area contributed by atoms with Gasteiger partial charge < -0.3 is 4.18 Å². The highest BCUT2D eigenvalue weighted by atomic mass is 32.2. The lowest BCUT2D eigenvalue weighted by molar-refractivity contribution is 0.442. The molecule has 0 atom stereocenters. The molecule has 0 fully saturated rings. The molecule has 0 amide bonds. The lowest BCUT2D eigenvalue weighted by Crippen LogP contribution is -1.64. The van der Waals surface area contributed by atoms with Crippen LogP contribution in [-0.4, -0.2) is 6.61 Å². The fourth-order valence-electron chi connectivity index (χ4n) is 0.170. The van der Waals surface area contributed by atoms with Gasteiger partial charge in [-0.05, 0) is 6.08 Å². The topological polar surface area (TPSA) is 9.23 Å². The molecule has 27 valence electrons. The maximum Gasteiger partial charge on any atom is 0.0814 e.